The van der Waals surface area contributed by atoms with E-state index in [4.69, 9.17) is 9.47 Å². The highest BCUT2D eigenvalue weighted by molar-refractivity contribution is 5.31. The first-order valence-electron chi connectivity index (χ1n) is 6.29. The van der Waals surface area contributed by atoms with Crippen LogP contribution in [0.1, 0.15) is 25.3 Å². The maximum atomic E-state index is 14.0. The van der Waals surface area contributed by atoms with Crippen LogP contribution < -0.4 is 10.1 Å². The number of nitrogens with one attached hydrogen (secondary N) is 1. The lowest BCUT2D eigenvalue weighted by Gasteiger charge is -2.34. The van der Waals surface area contributed by atoms with Crippen LogP contribution in [0.3, 0.4) is 0 Å². The molecule has 1 heterocycles. The van der Waals surface area contributed by atoms with E-state index in [-0.39, 0.29) is 11.4 Å². The number of benzene rings is 1. The first kappa shape index (κ1) is 13.3. The van der Waals surface area contributed by atoms with Crippen LogP contribution in [0.4, 0.5) is 4.39 Å². The molecule has 1 aliphatic rings. The Hall–Kier alpha value is -1.13. The Morgan fingerprint density at radius 3 is 2.78 bits per heavy atom. The fourth-order valence-corrected chi connectivity index (χ4v) is 2.16. The third-order valence-electron chi connectivity index (χ3n) is 3.57. The minimum Gasteiger partial charge on any atom is -0.494 e. The van der Waals surface area contributed by atoms with E-state index in [1.54, 1.807) is 12.1 Å². The molecule has 0 aliphatic carbocycles. The summed E-state index contributed by atoms with van der Waals surface area (Å²) in [6, 6.07) is 5.23. The van der Waals surface area contributed by atoms with Crippen LogP contribution in [0.25, 0.3) is 0 Å². The molecular weight excluding hydrogens is 233 g/mol. The van der Waals surface area contributed by atoms with Crippen LogP contribution in [0.15, 0.2) is 18.2 Å². The van der Waals surface area contributed by atoms with E-state index in [1.807, 2.05) is 6.07 Å². The van der Waals surface area contributed by atoms with E-state index in [0.29, 0.717) is 17.9 Å². The Morgan fingerprint density at radius 1 is 1.39 bits per heavy atom. The first-order valence-corrected chi connectivity index (χ1v) is 6.29. The van der Waals surface area contributed by atoms with Gasteiger partial charge >= 0.3 is 0 Å². The van der Waals surface area contributed by atoms with Crippen molar-refractivity contribution in [2.24, 2.45) is 0 Å². The normalized spacial score (nSPS) is 18.6. The zero-order valence-corrected chi connectivity index (χ0v) is 11.0. The minimum atomic E-state index is -0.275. The smallest absolute Gasteiger partial charge is 0.169 e. The van der Waals surface area contributed by atoms with Crippen molar-refractivity contribution in [2.75, 3.05) is 20.3 Å². The van der Waals surface area contributed by atoms with Crippen molar-refractivity contribution in [3.8, 4) is 5.75 Å². The zero-order chi connectivity index (χ0) is 13.0. The fourth-order valence-electron chi connectivity index (χ4n) is 2.16. The molecule has 0 saturated carbocycles. The Bertz CT molecular complexity index is 403. The summed E-state index contributed by atoms with van der Waals surface area (Å²) < 4.78 is 24.3. The SMILES string of the molecule is COc1cccc(CNC2(C)CCOCC2)c1F. The van der Waals surface area contributed by atoms with Crippen LogP contribution in [0.5, 0.6) is 5.75 Å². The second-order valence-electron chi connectivity index (χ2n) is 4.96. The van der Waals surface area contributed by atoms with E-state index < -0.39 is 0 Å². The molecule has 1 aliphatic heterocycles. The molecule has 1 aromatic rings. The molecule has 1 fully saturated rings. The molecule has 1 aromatic carbocycles. The van der Waals surface area contributed by atoms with Crippen molar-refractivity contribution in [1.29, 1.82) is 0 Å². The van der Waals surface area contributed by atoms with Crippen LogP contribution in [0.2, 0.25) is 0 Å². The Morgan fingerprint density at radius 2 is 2.11 bits per heavy atom. The predicted octanol–water partition coefficient (Wildman–Crippen LogP) is 2.49. The van der Waals surface area contributed by atoms with Crippen LogP contribution in [-0.4, -0.2) is 25.9 Å². The summed E-state index contributed by atoms with van der Waals surface area (Å²) in [6.07, 6.45) is 1.91. The summed E-state index contributed by atoms with van der Waals surface area (Å²) in [5, 5.41) is 3.43. The summed E-state index contributed by atoms with van der Waals surface area (Å²) in [6.45, 7) is 4.21. The van der Waals surface area contributed by atoms with E-state index in [2.05, 4.69) is 12.2 Å². The van der Waals surface area contributed by atoms with Crippen molar-refractivity contribution in [2.45, 2.75) is 31.8 Å². The Balaban J connectivity index is 2.01. The lowest BCUT2D eigenvalue weighted by molar-refractivity contribution is 0.0445. The fraction of sp³-hybridized carbons (Fsp3) is 0.571. The van der Waals surface area contributed by atoms with Crippen LogP contribution in [-0.2, 0) is 11.3 Å². The molecule has 4 heteroatoms. The van der Waals surface area contributed by atoms with Crippen molar-refractivity contribution < 1.29 is 13.9 Å². The van der Waals surface area contributed by atoms with Gasteiger partial charge in [-0.3, -0.25) is 0 Å². The average molecular weight is 253 g/mol. The zero-order valence-electron chi connectivity index (χ0n) is 11.0. The van der Waals surface area contributed by atoms with E-state index in [1.165, 1.54) is 7.11 Å². The van der Waals surface area contributed by atoms with Crippen LogP contribution >= 0.6 is 0 Å². The number of rotatable bonds is 4. The van der Waals surface area contributed by atoms with Gasteiger partial charge in [0.1, 0.15) is 0 Å². The van der Waals surface area contributed by atoms with E-state index in [0.717, 1.165) is 26.1 Å². The molecular formula is C14H20FNO2. The van der Waals surface area contributed by atoms with Crippen molar-refractivity contribution in [3.63, 3.8) is 0 Å². The molecule has 0 amide bonds. The first-order chi connectivity index (χ1) is 8.64. The molecule has 100 valence electrons. The standard InChI is InChI=1S/C14H20FNO2/c1-14(6-8-18-9-7-14)16-10-11-4-3-5-12(17-2)13(11)15/h3-5,16H,6-10H2,1-2H3. The predicted molar refractivity (Wildman–Crippen MR) is 68.2 cm³/mol. The molecule has 3 nitrogen and oxygen atoms in total. The maximum Gasteiger partial charge on any atom is 0.169 e. The Kier molecular flexibility index (Phi) is 4.19. The molecule has 0 aromatic heterocycles. The van der Waals surface area contributed by atoms with Gasteiger partial charge in [-0.1, -0.05) is 12.1 Å². The quantitative estimate of drug-likeness (QED) is 0.894. The molecule has 0 atom stereocenters. The van der Waals surface area contributed by atoms with Gasteiger partial charge < -0.3 is 14.8 Å². The van der Waals surface area contributed by atoms with Gasteiger partial charge in [0.05, 0.1) is 7.11 Å². The molecule has 0 radical (unpaired) electrons. The molecule has 2 rings (SSSR count). The molecule has 0 spiro atoms. The number of methoxy groups -OCH3 is 1. The van der Waals surface area contributed by atoms with Gasteiger partial charge in [-0.25, -0.2) is 4.39 Å². The highest BCUT2D eigenvalue weighted by Gasteiger charge is 2.26. The maximum absolute atomic E-state index is 14.0. The summed E-state index contributed by atoms with van der Waals surface area (Å²) in [4.78, 5) is 0. The third kappa shape index (κ3) is 3.00. The van der Waals surface area contributed by atoms with Gasteiger partial charge in [0.25, 0.3) is 0 Å². The van der Waals surface area contributed by atoms with Gasteiger partial charge in [0.2, 0.25) is 0 Å². The molecule has 18 heavy (non-hydrogen) atoms. The molecule has 1 saturated heterocycles. The van der Waals surface area contributed by atoms with Crippen molar-refractivity contribution in [1.82, 2.24) is 5.32 Å². The number of halogens is 1. The van der Waals surface area contributed by atoms with Gasteiger partial charge in [-0.2, -0.15) is 0 Å². The lowest BCUT2D eigenvalue weighted by atomic mass is 9.92. The van der Waals surface area contributed by atoms with Crippen molar-refractivity contribution in [3.05, 3.63) is 29.6 Å². The highest BCUT2D eigenvalue weighted by atomic mass is 19.1. The van der Waals surface area contributed by atoms with Gasteiger partial charge in [-0.15, -0.1) is 0 Å². The van der Waals surface area contributed by atoms with Gasteiger partial charge in [-0.05, 0) is 25.8 Å². The Labute approximate surface area is 107 Å². The van der Waals surface area contributed by atoms with Gasteiger partial charge in [0.15, 0.2) is 11.6 Å². The molecule has 0 bridgehead atoms. The molecule has 1 N–H and O–H groups in total. The second-order valence-corrected chi connectivity index (χ2v) is 4.96. The lowest BCUT2D eigenvalue weighted by Crippen LogP contribution is -2.46. The second kappa shape index (κ2) is 5.67. The van der Waals surface area contributed by atoms with Crippen LogP contribution in [0, 0.1) is 5.82 Å². The average Bonchev–Trinajstić information content (AvgIpc) is 2.38. The monoisotopic (exact) mass is 253 g/mol. The minimum absolute atomic E-state index is 0.0355. The summed E-state index contributed by atoms with van der Waals surface area (Å²) >= 11 is 0. The number of ether oxygens (including phenoxy) is 2. The highest BCUT2D eigenvalue weighted by Crippen LogP contribution is 2.23. The van der Waals surface area contributed by atoms with E-state index in [9.17, 15) is 4.39 Å². The number of hydrogen-bond acceptors (Lipinski definition) is 3. The summed E-state index contributed by atoms with van der Waals surface area (Å²) in [5.41, 5.74) is 0.676. The summed E-state index contributed by atoms with van der Waals surface area (Å²) in [7, 11) is 1.48. The molecule has 0 unspecified atom stereocenters. The van der Waals surface area contributed by atoms with Crippen molar-refractivity contribution >= 4 is 0 Å². The summed E-state index contributed by atoms with van der Waals surface area (Å²) in [5.74, 6) is 0.0228. The number of hydrogen-bond donors (Lipinski definition) is 1. The van der Waals surface area contributed by atoms with E-state index >= 15 is 0 Å². The largest absolute Gasteiger partial charge is 0.494 e. The van der Waals surface area contributed by atoms with Gasteiger partial charge in [0, 0.05) is 30.9 Å². The topological polar surface area (TPSA) is 30.5 Å². The third-order valence-corrected chi connectivity index (χ3v) is 3.57.